The van der Waals surface area contributed by atoms with Gasteiger partial charge in [0.05, 0.1) is 15.7 Å². The van der Waals surface area contributed by atoms with Crippen molar-refractivity contribution in [1.82, 2.24) is 9.88 Å². The maximum absolute atomic E-state index is 12.0. The number of urea groups is 1. The lowest BCUT2D eigenvalue weighted by Crippen LogP contribution is -2.46. The number of aromatic nitrogens is 1. The van der Waals surface area contributed by atoms with Crippen molar-refractivity contribution in [2.24, 2.45) is 5.73 Å². The molecule has 3 aromatic rings. The molecular weight excluding hydrogens is 433 g/mol. The number of fused-ring (bicyclic) bond motifs is 1. The monoisotopic (exact) mass is 459 g/mol. The first-order valence-corrected chi connectivity index (χ1v) is 11.3. The number of anilines is 2. The van der Waals surface area contributed by atoms with Crippen LogP contribution in [0.15, 0.2) is 48.5 Å². The summed E-state index contributed by atoms with van der Waals surface area (Å²) in [6, 6.07) is 15.3. The number of nitrogens with one attached hydrogen (secondary N) is 1. The molecular formula is C23H27Cl2N5O. The number of piperazine rings is 1. The summed E-state index contributed by atoms with van der Waals surface area (Å²) in [7, 11) is 0. The van der Waals surface area contributed by atoms with Gasteiger partial charge in [-0.2, -0.15) is 0 Å². The molecule has 2 amide bonds. The Morgan fingerprint density at radius 1 is 1.03 bits per heavy atom. The van der Waals surface area contributed by atoms with Crippen LogP contribution < -0.4 is 15.5 Å². The number of carbonyl (C=O) groups is 1. The molecule has 0 spiro atoms. The summed E-state index contributed by atoms with van der Waals surface area (Å²) < 4.78 is 0. The van der Waals surface area contributed by atoms with Crippen molar-refractivity contribution < 1.29 is 4.79 Å². The first-order chi connectivity index (χ1) is 15.0. The quantitative estimate of drug-likeness (QED) is 0.490. The van der Waals surface area contributed by atoms with Crippen LogP contribution in [0.25, 0.3) is 10.9 Å². The van der Waals surface area contributed by atoms with E-state index in [1.54, 1.807) is 4.90 Å². The average Bonchev–Trinajstić information content (AvgIpc) is 3.19. The standard InChI is InChI=1S/C23H27Cl2N5O/c24-18-7-5-9-20(22(18)25)29-14-12-28(13-15-29)10-3-4-11-30(23(26)31)21-16-17-6-1-2-8-19(17)27-21/h1-2,5-9,16,27H,3-4,10-15H2,(H2,26,31). The number of nitrogens with zero attached hydrogens (tertiary/aromatic N) is 3. The van der Waals surface area contributed by atoms with Crippen LogP contribution in [0, 0.1) is 0 Å². The van der Waals surface area contributed by atoms with Gasteiger partial charge in [0.1, 0.15) is 5.82 Å². The average molecular weight is 460 g/mol. The number of nitrogens with two attached hydrogens (primary N) is 1. The predicted molar refractivity (Wildman–Crippen MR) is 130 cm³/mol. The van der Waals surface area contributed by atoms with E-state index in [0.29, 0.717) is 16.6 Å². The van der Waals surface area contributed by atoms with Crippen LogP contribution in [0.2, 0.25) is 10.0 Å². The molecule has 1 aliphatic heterocycles. The van der Waals surface area contributed by atoms with Gasteiger partial charge in [0.15, 0.2) is 0 Å². The van der Waals surface area contributed by atoms with Crippen molar-refractivity contribution in [3.8, 4) is 0 Å². The molecule has 0 aliphatic carbocycles. The van der Waals surface area contributed by atoms with Crippen LogP contribution in [0.1, 0.15) is 12.8 Å². The molecule has 1 fully saturated rings. The molecule has 6 nitrogen and oxygen atoms in total. The number of para-hydroxylation sites is 1. The lowest BCUT2D eigenvalue weighted by molar-refractivity contribution is 0.249. The molecule has 1 aliphatic rings. The molecule has 2 aromatic carbocycles. The van der Waals surface area contributed by atoms with E-state index in [4.69, 9.17) is 28.9 Å². The molecule has 164 valence electrons. The molecule has 0 unspecified atom stereocenters. The van der Waals surface area contributed by atoms with Gasteiger partial charge >= 0.3 is 6.03 Å². The predicted octanol–water partition coefficient (Wildman–Crippen LogP) is 4.96. The van der Waals surface area contributed by atoms with Gasteiger partial charge in [-0.05, 0) is 43.7 Å². The third-order valence-electron chi connectivity index (χ3n) is 5.82. The van der Waals surface area contributed by atoms with E-state index in [2.05, 4.69) is 14.8 Å². The highest BCUT2D eigenvalue weighted by molar-refractivity contribution is 6.43. The first kappa shape index (κ1) is 21.8. The van der Waals surface area contributed by atoms with Crippen molar-refractivity contribution >= 4 is 51.6 Å². The van der Waals surface area contributed by atoms with Crippen LogP contribution in [-0.4, -0.2) is 55.2 Å². The number of amides is 2. The summed E-state index contributed by atoms with van der Waals surface area (Å²) in [6.45, 7) is 5.39. The number of benzene rings is 2. The fourth-order valence-electron chi connectivity index (χ4n) is 4.11. The van der Waals surface area contributed by atoms with Crippen molar-refractivity contribution in [3.63, 3.8) is 0 Å². The largest absolute Gasteiger partial charge is 0.368 e. The number of H-pyrrole nitrogens is 1. The normalized spacial score (nSPS) is 14.8. The van der Waals surface area contributed by atoms with Crippen molar-refractivity contribution in [3.05, 3.63) is 58.6 Å². The van der Waals surface area contributed by atoms with E-state index in [-0.39, 0.29) is 0 Å². The molecule has 3 N–H and O–H groups in total. The van der Waals surface area contributed by atoms with E-state index in [0.717, 1.165) is 68.0 Å². The Hall–Kier alpha value is -2.41. The van der Waals surface area contributed by atoms with Crippen molar-refractivity contribution in [1.29, 1.82) is 0 Å². The third kappa shape index (κ3) is 5.09. The van der Waals surface area contributed by atoms with Crippen LogP contribution in [0.3, 0.4) is 0 Å². The second-order valence-corrected chi connectivity index (χ2v) is 8.63. The number of primary amides is 1. The van der Waals surface area contributed by atoms with E-state index in [1.807, 2.05) is 48.5 Å². The zero-order chi connectivity index (χ0) is 21.8. The summed E-state index contributed by atoms with van der Waals surface area (Å²) in [5, 5.41) is 2.29. The Bertz CT molecular complexity index is 1010. The van der Waals surface area contributed by atoms with Crippen LogP contribution in [0.5, 0.6) is 0 Å². The minimum absolute atomic E-state index is 0.432. The van der Waals surface area contributed by atoms with E-state index in [9.17, 15) is 4.79 Å². The smallest absolute Gasteiger partial charge is 0.320 e. The fraction of sp³-hybridized carbons (Fsp3) is 0.348. The number of rotatable bonds is 7. The highest BCUT2D eigenvalue weighted by Gasteiger charge is 2.20. The van der Waals surface area contributed by atoms with Crippen molar-refractivity contribution in [2.75, 3.05) is 49.1 Å². The third-order valence-corrected chi connectivity index (χ3v) is 6.63. The lowest BCUT2D eigenvalue weighted by atomic mass is 10.2. The Labute approximate surface area is 192 Å². The van der Waals surface area contributed by atoms with Crippen LogP contribution >= 0.6 is 23.2 Å². The van der Waals surface area contributed by atoms with Gasteiger partial charge in [0.2, 0.25) is 0 Å². The minimum Gasteiger partial charge on any atom is -0.368 e. The fourth-order valence-corrected chi connectivity index (χ4v) is 4.52. The minimum atomic E-state index is -0.432. The highest BCUT2D eigenvalue weighted by atomic mass is 35.5. The van der Waals surface area contributed by atoms with Gasteiger partial charge in [-0.25, -0.2) is 4.79 Å². The summed E-state index contributed by atoms with van der Waals surface area (Å²) >= 11 is 12.5. The van der Waals surface area contributed by atoms with Gasteiger partial charge in [-0.15, -0.1) is 0 Å². The lowest BCUT2D eigenvalue weighted by Gasteiger charge is -2.36. The number of aromatic amines is 1. The molecule has 0 atom stereocenters. The number of hydrogen-bond donors (Lipinski definition) is 2. The molecule has 2 heterocycles. The molecule has 1 saturated heterocycles. The zero-order valence-electron chi connectivity index (χ0n) is 17.4. The SMILES string of the molecule is NC(=O)N(CCCCN1CCN(c2cccc(Cl)c2Cl)CC1)c1cc2ccccc2[nH]1. The second-order valence-electron chi connectivity index (χ2n) is 7.84. The maximum Gasteiger partial charge on any atom is 0.320 e. The Balaban J connectivity index is 1.25. The summed E-state index contributed by atoms with van der Waals surface area (Å²) in [5.74, 6) is 0.751. The second kappa shape index (κ2) is 9.81. The summed E-state index contributed by atoms with van der Waals surface area (Å²) in [4.78, 5) is 21.6. The first-order valence-electron chi connectivity index (χ1n) is 10.6. The van der Waals surface area contributed by atoms with Crippen molar-refractivity contribution in [2.45, 2.75) is 12.8 Å². The summed E-state index contributed by atoms with van der Waals surface area (Å²) in [6.07, 6.45) is 1.89. The zero-order valence-corrected chi connectivity index (χ0v) is 18.9. The van der Waals surface area contributed by atoms with E-state index < -0.39 is 6.03 Å². The number of hydrogen-bond acceptors (Lipinski definition) is 3. The van der Waals surface area contributed by atoms with E-state index in [1.165, 1.54) is 0 Å². The number of carbonyl (C=O) groups excluding carboxylic acids is 1. The highest BCUT2D eigenvalue weighted by Crippen LogP contribution is 2.32. The maximum atomic E-state index is 12.0. The van der Waals surface area contributed by atoms with Gasteiger partial charge in [-0.3, -0.25) is 9.80 Å². The molecule has 31 heavy (non-hydrogen) atoms. The Morgan fingerprint density at radius 3 is 2.55 bits per heavy atom. The van der Waals surface area contributed by atoms with Crippen LogP contribution in [-0.2, 0) is 0 Å². The number of halogens is 2. The van der Waals surface area contributed by atoms with E-state index >= 15 is 0 Å². The molecule has 0 bridgehead atoms. The molecule has 8 heteroatoms. The molecule has 4 rings (SSSR count). The van der Waals surface area contributed by atoms with Gasteiger partial charge in [0.25, 0.3) is 0 Å². The Morgan fingerprint density at radius 2 is 1.81 bits per heavy atom. The number of unbranched alkanes of at least 4 members (excludes halogenated alkanes) is 1. The molecule has 0 saturated carbocycles. The molecule has 0 radical (unpaired) electrons. The Kier molecular flexibility index (Phi) is 6.90. The van der Waals surface area contributed by atoms with Crippen LogP contribution in [0.4, 0.5) is 16.3 Å². The van der Waals surface area contributed by atoms with Gasteiger partial charge in [-0.1, -0.05) is 47.5 Å². The summed E-state index contributed by atoms with van der Waals surface area (Å²) in [5.41, 5.74) is 7.65. The molecule has 1 aromatic heterocycles. The van der Waals surface area contributed by atoms with Gasteiger partial charge < -0.3 is 15.6 Å². The van der Waals surface area contributed by atoms with Gasteiger partial charge in [0, 0.05) is 43.6 Å². The topological polar surface area (TPSA) is 68.6 Å².